The van der Waals surface area contributed by atoms with Gasteiger partial charge in [-0.25, -0.2) is 0 Å². The molecule has 14 heavy (non-hydrogen) atoms. The van der Waals surface area contributed by atoms with Crippen molar-refractivity contribution < 1.29 is 9.47 Å². The standard InChI is InChI=1S/C12H20O2/c1-2-10-13-11-14-12-8-6-4-3-5-7-9-12/h1,12H,3-11H2. The molecule has 2 nitrogen and oxygen atoms in total. The minimum Gasteiger partial charge on any atom is -0.352 e. The Morgan fingerprint density at radius 2 is 1.71 bits per heavy atom. The fourth-order valence-corrected chi connectivity index (χ4v) is 1.83. The van der Waals surface area contributed by atoms with Crippen LogP contribution in [0.1, 0.15) is 44.9 Å². The zero-order chi connectivity index (χ0) is 10.1. The molecular formula is C12H20O2. The van der Waals surface area contributed by atoms with Crippen molar-refractivity contribution in [2.75, 3.05) is 13.4 Å². The first-order valence-electron chi connectivity index (χ1n) is 5.56. The van der Waals surface area contributed by atoms with Gasteiger partial charge in [-0.05, 0) is 12.8 Å². The van der Waals surface area contributed by atoms with Crippen LogP contribution in [0.2, 0.25) is 0 Å². The van der Waals surface area contributed by atoms with Gasteiger partial charge < -0.3 is 9.47 Å². The number of terminal acetylenes is 1. The van der Waals surface area contributed by atoms with Crippen molar-refractivity contribution in [3.8, 4) is 12.3 Å². The molecule has 0 aromatic rings. The molecule has 0 spiro atoms. The number of hydrogen-bond donors (Lipinski definition) is 0. The van der Waals surface area contributed by atoms with Gasteiger partial charge in [0.1, 0.15) is 13.4 Å². The third-order valence-electron chi connectivity index (χ3n) is 2.62. The highest BCUT2D eigenvalue weighted by Gasteiger charge is 2.10. The predicted octanol–water partition coefficient (Wildman–Crippen LogP) is 2.72. The number of rotatable bonds is 4. The van der Waals surface area contributed by atoms with E-state index in [9.17, 15) is 0 Å². The summed E-state index contributed by atoms with van der Waals surface area (Å²) < 4.78 is 10.7. The lowest BCUT2D eigenvalue weighted by atomic mass is 9.99. The van der Waals surface area contributed by atoms with Gasteiger partial charge >= 0.3 is 0 Å². The maximum Gasteiger partial charge on any atom is 0.148 e. The van der Waals surface area contributed by atoms with Gasteiger partial charge in [0.05, 0.1) is 6.10 Å². The molecule has 80 valence electrons. The summed E-state index contributed by atoms with van der Waals surface area (Å²) >= 11 is 0. The van der Waals surface area contributed by atoms with Crippen molar-refractivity contribution in [3.05, 3.63) is 0 Å². The Labute approximate surface area is 87.0 Å². The van der Waals surface area contributed by atoms with E-state index in [2.05, 4.69) is 5.92 Å². The van der Waals surface area contributed by atoms with E-state index in [0.29, 0.717) is 19.5 Å². The SMILES string of the molecule is C#CCOCOC1CCCCCCC1. The van der Waals surface area contributed by atoms with Crippen LogP contribution in [0.3, 0.4) is 0 Å². The van der Waals surface area contributed by atoms with Crippen molar-refractivity contribution in [2.24, 2.45) is 0 Å². The molecule has 0 aromatic heterocycles. The molecule has 0 bridgehead atoms. The molecule has 1 rings (SSSR count). The molecule has 0 amide bonds. The fraction of sp³-hybridized carbons (Fsp3) is 0.833. The lowest BCUT2D eigenvalue weighted by molar-refractivity contribution is -0.0870. The van der Waals surface area contributed by atoms with Crippen LogP contribution in [-0.2, 0) is 9.47 Å². The Kier molecular flexibility index (Phi) is 6.47. The second-order valence-corrected chi connectivity index (χ2v) is 3.80. The molecular weight excluding hydrogens is 176 g/mol. The molecule has 0 radical (unpaired) electrons. The van der Waals surface area contributed by atoms with E-state index < -0.39 is 0 Å². The van der Waals surface area contributed by atoms with Crippen molar-refractivity contribution in [1.29, 1.82) is 0 Å². The van der Waals surface area contributed by atoms with Gasteiger partial charge in [-0.15, -0.1) is 6.42 Å². The monoisotopic (exact) mass is 196 g/mol. The van der Waals surface area contributed by atoms with Crippen LogP contribution < -0.4 is 0 Å². The molecule has 0 unspecified atom stereocenters. The lowest BCUT2D eigenvalue weighted by Gasteiger charge is -2.19. The molecule has 1 fully saturated rings. The van der Waals surface area contributed by atoms with Crippen LogP contribution in [0, 0.1) is 12.3 Å². The van der Waals surface area contributed by atoms with Crippen LogP contribution in [0.15, 0.2) is 0 Å². The minimum atomic E-state index is 0.354. The highest BCUT2D eigenvalue weighted by atomic mass is 16.7. The summed E-state index contributed by atoms with van der Waals surface area (Å²) in [6, 6.07) is 0. The van der Waals surface area contributed by atoms with Gasteiger partial charge in [0.2, 0.25) is 0 Å². The Bertz CT molecular complexity index is 164. The summed E-state index contributed by atoms with van der Waals surface area (Å²) in [6.07, 6.45) is 14.5. The molecule has 2 heteroatoms. The highest BCUT2D eigenvalue weighted by Crippen LogP contribution is 2.19. The average Bonchev–Trinajstić information content (AvgIpc) is 2.15. The minimum absolute atomic E-state index is 0.354. The third-order valence-corrected chi connectivity index (χ3v) is 2.62. The summed E-state index contributed by atoms with van der Waals surface area (Å²) in [6.45, 7) is 0.710. The molecule has 0 aromatic carbocycles. The van der Waals surface area contributed by atoms with Crippen molar-refractivity contribution >= 4 is 0 Å². The zero-order valence-corrected chi connectivity index (χ0v) is 8.84. The van der Waals surface area contributed by atoms with Gasteiger partial charge in [-0.3, -0.25) is 0 Å². The van der Waals surface area contributed by atoms with Crippen LogP contribution in [0.25, 0.3) is 0 Å². The summed E-state index contributed by atoms with van der Waals surface area (Å²) in [4.78, 5) is 0. The first-order valence-corrected chi connectivity index (χ1v) is 5.56. The predicted molar refractivity (Wildman–Crippen MR) is 56.8 cm³/mol. The van der Waals surface area contributed by atoms with Gasteiger partial charge in [0.25, 0.3) is 0 Å². The largest absolute Gasteiger partial charge is 0.352 e. The van der Waals surface area contributed by atoms with Crippen LogP contribution >= 0.6 is 0 Å². The summed E-state index contributed by atoms with van der Waals surface area (Å²) in [5, 5.41) is 0. The molecule has 1 aliphatic carbocycles. The Hall–Kier alpha value is -0.520. The molecule has 1 saturated carbocycles. The molecule has 0 N–H and O–H groups in total. The molecule has 0 saturated heterocycles. The first-order chi connectivity index (χ1) is 6.93. The van der Waals surface area contributed by atoms with Crippen molar-refractivity contribution in [3.63, 3.8) is 0 Å². The molecule has 0 heterocycles. The van der Waals surface area contributed by atoms with Crippen LogP contribution in [0.4, 0.5) is 0 Å². The van der Waals surface area contributed by atoms with Gasteiger partial charge in [0, 0.05) is 0 Å². The molecule has 1 aliphatic rings. The highest BCUT2D eigenvalue weighted by molar-refractivity contribution is 4.82. The zero-order valence-electron chi connectivity index (χ0n) is 8.84. The van der Waals surface area contributed by atoms with E-state index in [1.807, 2.05) is 0 Å². The van der Waals surface area contributed by atoms with Crippen molar-refractivity contribution in [2.45, 2.75) is 51.0 Å². The summed E-state index contributed by atoms with van der Waals surface area (Å²) in [5.41, 5.74) is 0. The van der Waals surface area contributed by atoms with Gasteiger partial charge in [-0.2, -0.15) is 0 Å². The van der Waals surface area contributed by atoms with Gasteiger partial charge in [0.15, 0.2) is 0 Å². The van der Waals surface area contributed by atoms with E-state index in [4.69, 9.17) is 15.9 Å². The topological polar surface area (TPSA) is 18.5 Å². The quantitative estimate of drug-likeness (QED) is 0.391. The van der Waals surface area contributed by atoms with E-state index in [1.165, 1.54) is 44.9 Å². The maximum atomic E-state index is 5.60. The number of ether oxygens (including phenoxy) is 2. The van der Waals surface area contributed by atoms with Crippen molar-refractivity contribution in [1.82, 2.24) is 0 Å². The summed E-state index contributed by atoms with van der Waals surface area (Å²) in [5.74, 6) is 2.43. The van der Waals surface area contributed by atoms with E-state index in [-0.39, 0.29) is 0 Å². The Balaban J connectivity index is 2.05. The Morgan fingerprint density at radius 1 is 1.07 bits per heavy atom. The first kappa shape index (κ1) is 11.6. The van der Waals surface area contributed by atoms with Gasteiger partial charge in [-0.1, -0.05) is 38.0 Å². The maximum absolute atomic E-state index is 5.60. The second kappa shape index (κ2) is 7.84. The van der Waals surface area contributed by atoms with E-state index >= 15 is 0 Å². The molecule has 0 aliphatic heterocycles. The molecule has 0 atom stereocenters. The lowest BCUT2D eigenvalue weighted by Crippen LogP contribution is -2.16. The third kappa shape index (κ3) is 5.26. The van der Waals surface area contributed by atoms with Crippen LogP contribution in [0.5, 0.6) is 0 Å². The fourth-order valence-electron chi connectivity index (χ4n) is 1.83. The number of hydrogen-bond acceptors (Lipinski definition) is 2. The van der Waals surface area contributed by atoms with Crippen LogP contribution in [-0.4, -0.2) is 19.5 Å². The second-order valence-electron chi connectivity index (χ2n) is 3.80. The smallest absolute Gasteiger partial charge is 0.148 e. The average molecular weight is 196 g/mol. The normalized spacial score (nSPS) is 19.6. The summed E-state index contributed by atoms with van der Waals surface area (Å²) in [7, 11) is 0. The van der Waals surface area contributed by atoms with E-state index in [0.717, 1.165) is 0 Å². The Morgan fingerprint density at radius 3 is 2.36 bits per heavy atom. The van der Waals surface area contributed by atoms with E-state index in [1.54, 1.807) is 0 Å².